The molecule has 1 rings (SSSR count). The van der Waals surface area contributed by atoms with E-state index in [0.29, 0.717) is 0 Å². The number of nitrogens with two attached hydrogens (primary N) is 1. The maximum absolute atomic E-state index is 12.8. The standard InChI is InChI=1S/C9H13F2N3O4/c10-3-7(18-5(4-15)8(11)16)14-2-1-6(12)13-9(14)17/h1-2,5,7-8,15-16H,3-4H2,(H2,12,13,17)/t5-,7?,8-/m1/s1. The molecular formula is C9H13F2N3O4. The molecule has 102 valence electrons. The molecule has 0 aliphatic heterocycles. The van der Waals surface area contributed by atoms with Crippen molar-refractivity contribution in [1.29, 1.82) is 0 Å². The third-order valence-electron chi connectivity index (χ3n) is 2.11. The van der Waals surface area contributed by atoms with E-state index in [-0.39, 0.29) is 5.82 Å². The van der Waals surface area contributed by atoms with Crippen LogP contribution in [0.25, 0.3) is 0 Å². The maximum atomic E-state index is 12.8. The van der Waals surface area contributed by atoms with Gasteiger partial charge in [-0.15, -0.1) is 0 Å². The molecule has 0 radical (unpaired) electrons. The Balaban J connectivity index is 2.92. The van der Waals surface area contributed by atoms with Crippen LogP contribution in [0.2, 0.25) is 0 Å². The van der Waals surface area contributed by atoms with Crippen molar-refractivity contribution in [3.63, 3.8) is 0 Å². The molecule has 0 saturated heterocycles. The van der Waals surface area contributed by atoms with Crippen LogP contribution in [0, 0.1) is 0 Å². The van der Waals surface area contributed by atoms with Gasteiger partial charge >= 0.3 is 5.69 Å². The number of halogens is 2. The monoisotopic (exact) mass is 265 g/mol. The van der Waals surface area contributed by atoms with E-state index in [2.05, 4.69) is 4.98 Å². The van der Waals surface area contributed by atoms with Crippen LogP contribution in [0.15, 0.2) is 17.1 Å². The van der Waals surface area contributed by atoms with Gasteiger partial charge in [0.25, 0.3) is 0 Å². The molecule has 9 heteroatoms. The first-order valence-electron chi connectivity index (χ1n) is 4.98. The number of nitrogen functional groups attached to an aromatic ring is 1. The molecule has 0 saturated carbocycles. The number of rotatable bonds is 6. The number of anilines is 1. The number of ether oxygens (including phenoxy) is 1. The summed E-state index contributed by atoms with van der Waals surface area (Å²) in [6, 6.07) is 1.23. The van der Waals surface area contributed by atoms with Crippen molar-refractivity contribution in [3.8, 4) is 0 Å². The zero-order chi connectivity index (χ0) is 13.7. The molecule has 1 aromatic rings. The lowest BCUT2D eigenvalue weighted by molar-refractivity contribution is -0.165. The van der Waals surface area contributed by atoms with E-state index >= 15 is 0 Å². The second-order valence-corrected chi connectivity index (χ2v) is 3.38. The molecule has 0 fully saturated rings. The molecular weight excluding hydrogens is 252 g/mol. The highest BCUT2D eigenvalue weighted by molar-refractivity contribution is 5.23. The van der Waals surface area contributed by atoms with Crippen LogP contribution >= 0.6 is 0 Å². The van der Waals surface area contributed by atoms with Crippen LogP contribution in [0.3, 0.4) is 0 Å². The fourth-order valence-electron chi connectivity index (χ4n) is 1.22. The van der Waals surface area contributed by atoms with Gasteiger partial charge in [0, 0.05) is 6.20 Å². The molecule has 1 aromatic heterocycles. The topological polar surface area (TPSA) is 111 Å². The number of aliphatic hydroxyl groups excluding tert-OH is 2. The van der Waals surface area contributed by atoms with Crippen molar-refractivity contribution in [1.82, 2.24) is 9.55 Å². The summed E-state index contributed by atoms with van der Waals surface area (Å²) in [5, 5.41) is 17.4. The number of alkyl halides is 2. The highest BCUT2D eigenvalue weighted by Gasteiger charge is 2.24. The van der Waals surface area contributed by atoms with Gasteiger partial charge in [-0.1, -0.05) is 0 Å². The number of nitrogens with zero attached hydrogens (tertiary/aromatic N) is 2. The van der Waals surface area contributed by atoms with Gasteiger partial charge in [-0.25, -0.2) is 13.6 Å². The van der Waals surface area contributed by atoms with Crippen LogP contribution < -0.4 is 11.4 Å². The average Bonchev–Trinajstić information content (AvgIpc) is 2.31. The van der Waals surface area contributed by atoms with E-state index in [1.165, 1.54) is 6.07 Å². The van der Waals surface area contributed by atoms with E-state index in [1.807, 2.05) is 0 Å². The quantitative estimate of drug-likeness (QED) is 0.606. The number of aromatic nitrogens is 2. The largest absolute Gasteiger partial charge is 0.393 e. The Bertz CT molecular complexity index is 440. The summed E-state index contributed by atoms with van der Waals surface area (Å²) in [7, 11) is 0. The molecule has 7 nitrogen and oxygen atoms in total. The predicted molar refractivity (Wildman–Crippen MR) is 57.0 cm³/mol. The lowest BCUT2D eigenvalue weighted by atomic mass is 10.4. The van der Waals surface area contributed by atoms with Crippen molar-refractivity contribution in [2.24, 2.45) is 0 Å². The molecule has 0 amide bonds. The summed E-state index contributed by atoms with van der Waals surface area (Å²) in [5.41, 5.74) is 4.36. The smallest absolute Gasteiger partial charge is 0.351 e. The third kappa shape index (κ3) is 3.45. The fraction of sp³-hybridized carbons (Fsp3) is 0.556. The molecule has 3 atom stereocenters. The van der Waals surface area contributed by atoms with E-state index in [1.54, 1.807) is 0 Å². The molecule has 0 aliphatic rings. The van der Waals surface area contributed by atoms with Crippen molar-refractivity contribution in [2.45, 2.75) is 18.7 Å². The Hall–Kier alpha value is -1.58. The van der Waals surface area contributed by atoms with Crippen molar-refractivity contribution in [2.75, 3.05) is 19.0 Å². The van der Waals surface area contributed by atoms with E-state index < -0.39 is 37.7 Å². The van der Waals surface area contributed by atoms with Gasteiger partial charge in [-0.3, -0.25) is 4.57 Å². The molecule has 0 bridgehead atoms. The van der Waals surface area contributed by atoms with E-state index in [4.69, 9.17) is 20.7 Å². The molecule has 4 N–H and O–H groups in total. The lowest BCUT2D eigenvalue weighted by Gasteiger charge is -2.23. The highest BCUT2D eigenvalue weighted by atomic mass is 19.1. The molecule has 0 aliphatic carbocycles. The zero-order valence-corrected chi connectivity index (χ0v) is 9.24. The van der Waals surface area contributed by atoms with Crippen LogP contribution in [0.5, 0.6) is 0 Å². The Morgan fingerprint density at radius 1 is 1.61 bits per heavy atom. The van der Waals surface area contributed by atoms with Gasteiger partial charge in [0.15, 0.2) is 6.23 Å². The first-order chi connectivity index (χ1) is 8.49. The van der Waals surface area contributed by atoms with Crippen molar-refractivity contribution >= 4 is 5.82 Å². The summed E-state index contributed by atoms with van der Waals surface area (Å²) in [6.07, 6.45) is -4.54. The number of aliphatic hydroxyl groups is 2. The van der Waals surface area contributed by atoms with Gasteiger partial charge in [0.1, 0.15) is 18.6 Å². The second kappa shape index (κ2) is 6.38. The van der Waals surface area contributed by atoms with Gasteiger partial charge in [-0.2, -0.15) is 4.98 Å². The summed E-state index contributed by atoms with van der Waals surface area (Å²) in [6.45, 7) is -2.04. The Morgan fingerprint density at radius 3 is 2.72 bits per heavy atom. The Kier molecular flexibility index (Phi) is 5.13. The molecule has 18 heavy (non-hydrogen) atoms. The van der Waals surface area contributed by atoms with Crippen LogP contribution in [-0.4, -0.2) is 45.5 Å². The zero-order valence-electron chi connectivity index (χ0n) is 9.24. The van der Waals surface area contributed by atoms with Gasteiger partial charge in [0.2, 0.25) is 6.36 Å². The minimum atomic E-state index is -2.50. The van der Waals surface area contributed by atoms with E-state index in [9.17, 15) is 13.6 Å². The second-order valence-electron chi connectivity index (χ2n) is 3.38. The normalized spacial score (nSPS) is 16.2. The first-order valence-corrected chi connectivity index (χ1v) is 4.98. The molecule has 1 unspecified atom stereocenters. The van der Waals surface area contributed by atoms with Gasteiger partial charge < -0.3 is 20.7 Å². The van der Waals surface area contributed by atoms with Crippen LogP contribution in [0.1, 0.15) is 6.23 Å². The van der Waals surface area contributed by atoms with E-state index in [0.717, 1.165) is 10.8 Å². The van der Waals surface area contributed by atoms with Crippen LogP contribution in [0.4, 0.5) is 14.6 Å². The van der Waals surface area contributed by atoms with Crippen molar-refractivity contribution in [3.05, 3.63) is 22.7 Å². The highest BCUT2D eigenvalue weighted by Crippen LogP contribution is 2.13. The molecule has 1 heterocycles. The summed E-state index contributed by atoms with van der Waals surface area (Å²) in [4.78, 5) is 14.7. The average molecular weight is 265 g/mol. The van der Waals surface area contributed by atoms with Crippen LogP contribution in [-0.2, 0) is 4.74 Å². The minimum absolute atomic E-state index is 0.0573. The maximum Gasteiger partial charge on any atom is 0.351 e. The predicted octanol–water partition coefficient (Wildman–Crippen LogP) is -1.04. The first kappa shape index (κ1) is 14.5. The molecule has 0 aromatic carbocycles. The van der Waals surface area contributed by atoms with Gasteiger partial charge in [0.05, 0.1) is 6.61 Å². The van der Waals surface area contributed by atoms with Gasteiger partial charge in [-0.05, 0) is 6.07 Å². The van der Waals surface area contributed by atoms with Crippen molar-refractivity contribution < 1.29 is 23.7 Å². The third-order valence-corrected chi connectivity index (χ3v) is 2.11. The summed E-state index contributed by atoms with van der Waals surface area (Å²) < 4.78 is 30.8. The summed E-state index contributed by atoms with van der Waals surface area (Å²) in [5.74, 6) is -0.0573. The molecule has 0 spiro atoms. The lowest BCUT2D eigenvalue weighted by Crippen LogP contribution is -2.37. The number of hydrogen-bond acceptors (Lipinski definition) is 6. The fourth-order valence-corrected chi connectivity index (χ4v) is 1.22. The Morgan fingerprint density at radius 2 is 2.28 bits per heavy atom. The summed E-state index contributed by atoms with van der Waals surface area (Å²) >= 11 is 0. The SMILES string of the molecule is Nc1ccn(C(CF)O[C@H](CO)[C@@H](O)F)c(=O)n1. The Labute approximate surface area is 100 Å². The minimum Gasteiger partial charge on any atom is -0.393 e. The number of hydrogen-bond donors (Lipinski definition) is 3.